The minimum Gasteiger partial charge on any atom is -0.211 e. The van der Waals surface area contributed by atoms with Crippen molar-refractivity contribution in [2.75, 3.05) is 6.54 Å². The second kappa shape index (κ2) is 4.85. The SMILES string of the molecule is CC(C)(C)CNS(=O)(=O)c1cccc(Br)c1. The van der Waals surface area contributed by atoms with Crippen molar-refractivity contribution in [1.82, 2.24) is 4.72 Å². The largest absolute Gasteiger partial charge is 0.240 e. The van der Waals surface area contributed by atoms with Crippen molar-refractivity contribution in [1.29, 1.82) is 0 Å². The Hall–Kier alpha value is -0.390. The lowest BCUT2D eigenvalue weighted by atomic mass is 9.98. The number of hydrogen-bond acceptors (Lipinski definition) is 2. The van der Waals surface area contributed by atoms with Crippen LogP contribution in [0.25, 0.3) is 0 Å². The summed E-state index contributed by atoms with van der Waals surface area (Å²) in [6, 6.07) is 6.67. The van der Waals surface area contributed by atoms with Gasteiger partial charge in [0.1, 0.15) is 0 Å². The first kappa shape index (κ1) is 13.7. The van der Waals surface area contributed by atoms with Gasteiger partial charge in [0.25, 0.3) is 0 Å². The van der Waals surface area contributed by atoms with Gasteiger partial charge in [-0.2, -0.15) is 0 Å². The van der Waals surface area contributed by atoms with Crippen molar-refractivity contribution in [3.05, 3.63) is 28.7 Å². The smallest absolute Gasteiger partial charge is 0.211 e. The summed E-state index contributed by atoms with van der Waals surface area (Å²) < 4.78 is 27.1. The van der Waals surface area contributed by atoms with E-state index in [0.717, 1.165) is 4.47 Å². The molecule has 0 saturated heterocycles. The second-order valence-corrected chi connectivity index (χ2v) is 7.53. The van der Waals surface area contributed by atoms with E-state index in [-0.39, 0.29) is 10.3 Å². The summed E-state index contributed by atoms with van der Waals surface area (Å²) in [5.74, 6) is 0. The van der Waals surface area contributed by atoms with E-state index in [1.807, 2.05) is 20.8 Å². The van der Waals surface area contributed by atoms with Crippen molar-refractivity contribution in [3.8, 4) is 0 Å². The monoisotopic (exact) mass is 305 g/mol. The molecule has 0 heterocycles. The van der Waals surface area contributed by atoms with Crippen molar-refractivity contribution in [2.24, 2.45) is 5.41 Å². The maximum atomic E-state index is 11.9. The van der Waals surface area contributed by atoms with Gasteiger partial charge < -0.3 is 0 Å². The first-order valence-electron chi connectivity index (χ1n) is 4.96. The van der Waals surface area contributed by atoms with Crippen LogP contribution in [0, 0.1) is 5.41 Å². The van der Waals surface area contributed by atoms with E-state index < -0.39 is 10.0 Å². The van der Waals surface area contributed by atoms with Crippen LogP contribution in [0.2, 0.25) is 0 Å². The Morgan fingerprint density at radius 3 is 2.44 bits per heavy atom. The van der Waals surface area contributed by atoms with E-state index in [1.54, 1.807) is 24.3 Å². The fourth-order valence-electron chi connectivity index (χ4n) is 1.03. The molecule has 1 aromatic rings. The summed E-state index contributed by atoms with van der Waals surface area (Å²) in [6.45, 7) is 6.37. The van der Waals surface area contributed by atoms with Gasteiger partial charge in [0.15, 0.2) is 0 Å². The molecule has 0 radical (unpaired) electrons. The molecule has 16 heavy (non-hydrogen) atoms. The van der Waals surface area contributed by atoms with Crippen LogP contribution >= 0.6 is 15.9 Å². The number of halogens is 1. The lowest BCUT2D eigenvalue weighted by molar-refractivity contribution is 0.407. The number of nitrogens with one attached hydrogen (secondary N) is 1. The molecule has 0 aliphatic carbocycles. The van der Waals surface area contributed by atoms with Gasteiger partial charge >= 0.3 is 0 Å². The Morgan fingerprint density at radius 1 is 1.31 bits per heavy atom. The van der Waals surface area contributed by atoms with Crippen LogP contribution in [0.5, 0.6) is 0 Å². The quantitative estimate of drug-likeness (QED) is 0.933. The third-order valence-corrected chi connectivity index (χ3v) is 3.79. The molecule has 0 spiro atoms. The highest BCUT2D eigenvalue weighted by Gasteiger charge is 2.18. The molecule has 0 aliphatic rings. The Balaban J connectivity index is 2.87. The van der Waals surface area contributed by atoms with Gasteiger partial charge in [-0.1, -0.05) is 42.8 Å². The number of rotatable bonds is 3. The highest BCUT2D eigenvalue weighted by atomic mass is 79.9. The molecule has 1 rings (SSSR count). The van der Waals surface area contributed by atoms with E-state index in [4.69, 9.17) is 0 Å². The third-order valence-electron chi connectivity index (χ3n) is 1.90. The number of hydrogen-bond donors (Lipinski definition) is 1. The first-order chi connectivity index (χ1) is 7.21. The molecule has 90 valence electrons. The molecule has 1 aromatic carbocycles. The summed E-state index contributed by atoms with van der Waals surface area (Å²) in [7, 11) is -3.40. The molecule has 0 aliphatic heterocycles. The summed E-state index contributed by atoms with van der Waals surface area (Å²) in [5, 5.41) is 0. The number of sulfonamides is 1. The Bertz CT molecular complexity index is 463. The molecule has 0 unspecified atom stereocenters. The molecule has 1 N–H and O–H groups in total. The van der Waals surface area contributed by atoms with E-state index in [9.17, 15) is 8.42 Å². The zero-order valence-corrected chi connectivity index (χ0v) is 12.0. The van der Waals surface area contributed by atoms with E-state index in [0.29, 0.717) is 6.54 Å². The highest BCUT2D eigenvalue weighted by molar-refractivity contribution is 9.10. The maximum absolute atomic E-state index is 11.9. The van der Waals surface area contributed by atoms with Crippen LogP contribution in [-0.2, 0) is 10.0 Å². The fourth-order valence-corrected chi connectivity index (χ4v) is 2.91. The van der Waals surface area contributed by atoms with Crippen LogP contribution in [0.3, 0.4) is 0 Å². The Morgan fingerprint density at radius 2 is 1.94 bits per heavy atom. The van der Waals surface area contributed by atoms with Crippen LogP contribution in [0.15, 0.2) is 33.6 Å². The first-order valence-corrected chi connectivity index (χ1v) is 7.24. The third kappa shape index (κ3) is 4.23. The van der Waals surface area contributed by atoms with Gasteiger partial charge in [-0.3, -0.25) is 0 Å². The predicted octanol–water partition coefficient (Wildman–Crippen LogP) is 2.77. The molecular formula is C11H16BrNO2S. The van der Waals surface area contributed by atoms with Crippen LogP contribution < -0.4 is 4.72 Å². The topological polar surface area (TPSA) is 46.2 Å². The lowest BCUT2D eigenvalue weighted by Crippen LogP contribution is -2.32. The Kier molecular flexibility index (Phi) is 4.15. The van der Waals surface area contributed by atoms with Crippen LogP contribution in [0.1, 0.15) is 20.8 Å². The van der Waals surface area contributed by atoms with Crippen molar-refractivity contribution >= 4 is 26.0 Å². The van der Waals surface area contributed by atoms with Crippen LogP contribution in [-0.4, -0.2) is 15.0 Å². The summed E-state index contributed by atoms with van der Waals surface area (Å²) in [6.07, 6.45) is 0. The van der Waals surface area contributed by atoms with Gasteiger partial charge in [-0.05, 0) is 23.6 Å². The molecule has 0 saturated carbocycles. The van der Waals surface area contributed by atoms with E-state index in [1.165, 1.54) is 0 Å². The minimum absolute atomic E-state index is 0.0704. The van der Waals surface area contributed by atoms with Crippen molar-refractivity contribution in [2.45, 2.75) is 25.7 Å². The summed E-state index contributed by atoms with van der Waals surface area (Å²) >= 11 is 3.25. The normalized spacial score (nSPS) is 12.8. The van der Waals surface area contributed by atoms with Crippen molar-refractivity contribution in [3.63, 3.8) is 0 Å². The second-order valence-electron chi connectivity index (χ2n) is 4.84. The zero-order valence-electron chi connectivity index (χ0n) is 9.62. The van der Waals surface area contributed by atoms with E-state index >= 15 is 0 Å². The van der Waals surface area contributed by atoms with E-state index in [2.05, 4.69) is 20.7 Å². The molecule has 3 nitrogen and oxygen atoms in total. The predicted molar refractivity (Wildman–Crippen MR) is 68.8 cm³/mol. The van der Waals surface area contributed by atoms with Crippen molar-refractivity contribution < 1.29 is 8.42 Å². The molecule has 0 atom stereocenters. The standard InChI is InChI=1S/C11H16BrNO2S/c1-11(2,3)8-13-16(14,15)10-6-4-5-9(12)7-10/h4-7,13H,8H2,1-3H3. The maximum Gasteiger partial charge on any atom is 0.240 e. The van der Waals surface area contributed by atoms with Gasteiger partial charge in [0.05, 0.1) is 4.90 Å². The number of benzene rings is 1. The zero-order chi connectivity index (χ0) is 12.4. The average Bonchev–Trinajstić information content (AvgIpc) is 2.14. The summed E-state index contributed by atoms with van der Waals surface area (Å²) in [5.41, 5.74) is -0.0704. The fraction of sp³-hybridized carbons (Fsp3) is 0.455. The molecule has 0 bridgehead atoms. The average molecular weight is 306 g/mol. The molecule has 0 amide bonds. The van der Waals surface area contributed by atoms with Gasteiger partial charge in [-0.25, -0.2) is 13.1 Å². The molecule has 0 aromatic heterocycles. The highest BCUT2D eigenvalue weighted by Crippen LogP contribution is 2.17. The molecular weight excluding hydrogens is 290 g/mol. The van der Waals surface area contributed by atoms with Gasteiger partial charge in [0.2, 0.25) is 10.0 Å². The van der Waals surface area contributed by atoms with Crippen LogP contribution in [0.4, 0.5) is 0 Å². The molecule has 5 heteroatoms. The Labute approximate surface area is 105 Å². The van der Waals surface area contributed by atoms with Gasteiger partial charge in [-0.15, -0.1) is 0 Å². The van der Waals surface area contributed by atoms with Gasteiger partial charge in [0, 0.05) is 11.0 Å². The minimum atomic E-state index is -3.40. The molecule has 0 fully saturated rings. The summed E-state index contributed by atoms with van der Waals surface area (Å²) in [4.78, 5) is 0.283. The lowest BCUT2D eigenvalue weighted by Gasteiger charge is -2.18.